The zero-order valence-corrected chi connectivity index (χ0v) is 21.7. The summed E-state index contributed by atoms with van der Waals surface area (Å²) < 4.78 is 6.19. The Kier molecular flexibility index (Phi) is 5.56. The fourth-order valence-corrected chi connectivity index (χ4v) is 9.60. The predicted molar refractivity (Wildman–Crippen MR) is 130 cm³/mol. The Morgan fingerprint density at radius 2 is 1.64 bits per heavy atom. The minimum Gasteiger partial charge on any atom is -0.390 e. The van der Waals surface area contributed by atoms with Crippen LogP contribution in [0.15, 0.2) is 11.6 Å². The smallest absolute Gasteiger partial charge is 0.138 e. The van der Waals surface area contributed by atoms with Crippen molar-refractivity contribution in [2.24, 2.45) is 45.8 Å². The molecule has 186 valence electrons. The normalized spacial score (nSPS) is 51.1. The highest BCUT2D eigenvalue weighted by Crippen LogP contribution is 2.68. The molecule has 0 amide bonds. The van der Waals surface area contributed by atoms with E-state index in [1.165, 1.54) is 25.7 Å². The topological polar surface area (TPSA) is 66.8 Å². The third-order valence-corrected chi connectivity index (χ3v) is 11.7. The Bertz CT molecular complexity index is 843. The summed E-state index contributed by atoms with van der Waals surface area (Å²) >= 11 is 0. The molecule has 1 aliphatic heterocycles. The number of Topliss-reactive ketones (excluding diaryl/α,β-unsaturated/α-hetero) is 1. The van der Waals surface area contributed by atoms with Crippen LogP contribution in [0.5, 0.6) is 0 Å². The average Bonchev–Trinajstić information content (AvgIpc) is 3.06. The highest BCUT2D eigenvalue weighted by molar-refractivity contribution is 5.85. The molecule has 3 saturated carbocycles. The number of fused-ring (bicyclic) bond motifs is 5. The Morgan fingerprint density at radius 1 is 0.939 bits per heavy atom. The van der Waals surface area contributed by atoms with Crippen molar-refractivity contribution in [1.29, 1.82) is 0 Å². The molecule has 0 aromatic rings. The lowest BCUT2D eigenvalue weighted by Crippen LogP contribution is -2.55. The van der Waals surface area contributed by atoms with Gasteiger partial charge in [0.25, 0.3) is 0 Å². The number of aliphatic hydroxyl groups excluding tert-OH is 2. The van der Waals surface area contributed by atoms with Crippen LogP contribution >= 0.6 is 0 Å². The zero-order valence-electron chi connectivity index (χ0n) is 21.7. The minimum absolute atomic E-state index is 0.213. The molecule has 5 aliphatic rings. The third kappa shape index (κ3) is 3.37. The number of rotatable bonds is 1. The van der Waals surface area contributed by atoms with Crippen molar-refractivity contribution in [2.75, 3.05) is 6.61 Å². The van der Waals surface area contributed by atoms with E-state index >= 15 is 0 Å². The van der Waals surface area contributed by atoms with Crippen molar-refractivity contribution in [3.05, 3.63) is 11.6 Å². The SMILES string of the molecule is CC1(C)OCC(C2CCC3C4=CCC5C(C)(C)C(=O)CCC5(C)C4CCC32C)CC(O)C1O. The van der Waals surface area contributed by atoms with Gasteiger partial charge in [-0.3, -0.25) is 4.79 Å². The summed E-state index contributed by atoms with van der Waals surface area (Å²) in [6, 6.07) is 0. The van der Waals surface area contributed by atoms with Crippen LogP contribution in [0.1, 0.15) is 92.9 Å². The number of carbonyl (C=O) groups excluding carboxylic acids is 1. The van der Waals surface area contributed by atoms with Crippen molar-refractivity contribution in [3.63, 3.8) is 0 Å². The van der Waals surface area contributed by atoms with Gasteiger partial charge < -0.3 is 14.9 Å². The number of aliphatic hydroxyl groups is 2. The Morgan fingerprint density at radius 3 is 2.36 bits per heavy atom. The van der Waals surface area contributed by atoms with Crippen LogP contribution in [0.3, 0.4) is 0 Å². The summed E-state index contributed by atoms with van der Waals surface area (Å²) in [6.07, 6.45) is 9.33. The molecule has 1 saturated heterocycles. The zero-order chi connectivity index (χ0) is 24.0. The predicted octanol–water partition coefficient (Wildman–Crippen LogP) is 5.31. The minimum atomic E-state index is -0.835. The Balaban J connectivity index is 1.42. The van der Waals surface area contributed by atoms with Crippen molar-refractivity contribution in [2.45, 2.75) is 111 Å². The molecule has 0 aromatic carbocycles. The fraction of sp³-hybridized carbons (Fsp3) is 0.897. The molecular formula is C29H46O4. The van der Waals surface area contributed by atoms with Crippen LogP contribution < -0.4 is 0 Å². The molecule has 0 radical (unpaired) electrons. The molecule has 4 nitrogen and oxygen atoms in total. The van der Waals surface area contributed by atoms with Gasteiger partial charge in [0.05, 0.1) is 18.3 Å². The molecular weight excluding hydrogens is 412 g/mol. The molecule has 9 unspecified atom stereocenters. The maximum atomic E-state index is 12.8. The summed E-state index contributed by atoms with van der Waals surface area (Å²) in [5.74, 6) is 2.95. The van der Waals surface area contributed by atoms with E-state index < -0.39 is 17.8 Å². The number of ketones is 1. The van der Waals surface area contributed by atoms with E-state index in [-0.39, 0.29) is 16.2 Å². The second-order valence-electron chi connectivity index (χ2n) is 13.9. The first-order valence-corrected chi connectivity index (χ1v) is 13.6. The number of carbonyl (C=O) groups is 1. The molecule has 4 heteroatoms. The number of hydrogen-bond donors (Lipinski definition) is 2. The second kappa shape index (κ2) is 7.64. The van der Waals surface area contributed by atoms with Gasteiger partial charge in [0.1, 0.15) is 11.9 Å². The molecule has 1 heterocycles. The number of hydrogen-bond acceptors (Lipinski definition) is 4. The van der Waals surface area contributed by atoms with E-state index in [4.69, 9.17) is 4.74 Å². The quantitative estimate of drug-likeness (QED) is 0.523. The first-order valence-electron chi connectivity index (χ1n) is 13.6. The van der Waals surface area contributed by atoms with Gasteiger partial charge in [0.2, 0.25) is 0 Å². The number of allylic oxidation sites excluding steroid dienone is 2. The largest absolute Gasteiger partial charge is 0.390 e. The summed E-state index contributed by atoms with van der Waals surface area (Å²) in [7, 11) is 0. The van der Waals surface area contributed by atoms with E-state index in [2.05, 4.69) is 33.8 Å². The Hall–Kier alpha value is -0.710. The van der Waals surface area contributed by atoms with Gasteiger partial charge in [-0.2, -0.15) is 0 Å². The van der Waals surface area contributed by atoms with Crippen LogP contribution in [0.2, 0.25) is 0 Å². The lowest BCUT2D eigenvalue weighted by molar-refractivity contribution is -0.144. The van der Waals surface area contributed by atoms with Crippen LogP contribution in [0.4, 0.5) is 0 Å². The highest BCUT2D eigenvalue weighted by Gasteiger charge is 2.61. The molecule has 4 fully saturated rings. The number of ether oxygens (including phenoxy) is 1. The van der Waals surface area contributed by atoms with Gasteiger partial charge in [0, 0.05) is 11.8 Å². The molecule has 33 heavy (non-hydrogen) atoms. The maximum Gasteiger partial charge on any atom is 0.138 e. The van der Waals surface area contributed by atoms with E-state index in [1.54, 1.807) is 5.57 Å². The van der Waals surface area contributed by atoms with Gasteiger partial charge in [-0.15, -0.1) is 0 Å². The molecule has 0 aromatic heterocycles. The maximum absolute atomic E-state index is 12.8. The van der Waals surface area contributed by atoms with Crippen molar-refractivity contribution >= 4 is 5.78 Å². The molecule has 9 atom stereocenters. The monoisotopic (exact) mass is 458 g/mol. The van der Waals surface area contributed by atoms with Crippen molar-refractivity contribution < 1.29 is 19.7 Å². The van der Waals surface area contributed by atoms with Crippen molar-refractivity contribution in [3.8, 4) is 0 Å². The van der Waals surface area contributed by atoms with Gasteiger partial charge in [-0.1, -0.05) is 39.3 Å². The van der Waals surface area contributed by atoms with E-state index in [9.17, 15) is 15.0 Å². The van der Waals surface area contributed by atoms with Crippen LogP contribution in [-0.2, 0) is 9.53 Å². The van der Waals surface area contributed by atoms with E-state index in [0.29, 0.717) is 48.4 Å². The van der Waals surface area contributed by atoms with Crippen LogP contribution in [-0.4, -0.2) is 40.4 Å². The molecule has 2 N–H and O–H groups in total. The highest BCUT2D eigenvalue weighted by atomic mass is 16.5. The van der Waals surface area contributed by atoms with Crippen LogP contribution in [0, 0.1) is 45.8 Å². The molecule has 0 bridgehead atoms. The second-order valence-corrected chi connectivity index (χ2v) is 13.9. The van der Waals surface area contributed by atoms with Gasteiger partial charge >= 0.3 is 0 Å². The van der Waals surface area contributed by atoms with Crippen molar-refractivity contribution in [1.82, 2.24) is 0 Å². The lowest BCUT2D eigenvalue weighted by Gasteiger charge is -2.60. The summed E-state index contributed by atoms with van der Waals surface area (Å²) in [5, 5.41) is 21.3. The standard InChI is InChI=1S/C29H46O4/c1-26(2)23-10-7-18-20-9-8-19(17-15-22(30)25(32)27(3,4)33-16-17)28(20,5)13-11-21(18)29(23,6)14-12-24(26)31/h7,17,19-23,25,30,32H,8-16H2,1-6H3. The van der Waals surface area contributed by atoms with Crippen LogP contribution in [0.25, 0.3) is 0 Å². The molecule has 4 aliphatic carbocycles. The summed E-state index contributed by atoms with van der Waals surface area (Å²) in [4.78, 5) is 12.8. The molecule has 0 spiro atoms. The van der Waals surface area contributed by atoms with Gasteiger partial charge in [0.15, 0.2) is 0 Å². The average molecular weight is 459 g/mol. The fourth-order valence-electron chi connectivity index (χ4n) is 9.60. The summed E-state index contributed by atoms with van der Waals surface area (Å²) in [6.45, 7) is 13.8. The lowest BCUT2D eigenvalue weighted by atomic mass is 9.44. The Labute approximate surface area is 200 Å². The molecule has 5 rings (SSSR count). The van der Waals surface area contributed by atoms with Gasteiger partial charge in [-0.05, 0) is 99.2 Å². The van der Waals surface area contributed by atoms with Gasteiger partial charge in [-0.25, -0.2) is 0 Å². The van der Waals surface area contributed by atoms with E-state index in [0.717, 1.165) is 19.3 Å². The third-order valence-electron chi connectivity index (χ3n) is 11.7. The van der Waals surface area contributed by atoms with E-state index in [1.807, 2.05) is 13.8 Å². The first-order chi connectivity index (χ1) is 15.3. The summed E-state index contributed by atoms with van der Waals surface area (Å²) in [5.41, 5.74) is 1.25. The first kappa shape index (κ1) is 24.0.